The molecule has 0 heterocycles. The highest BCUT2D eigenvalue weighted by Gasteiger charge is 2.09. The van der Waals surface area contributed by atoms with Crippen LogP contribution in [0.3, 0.4) is 0 Å². The van der Waals surface area contributed by atoms with Crippen molar-refractivity contribution in [2.75, 3.05) is 13.2 Å². The Kier molecular flexibility index (Phi) is 10.4. The molecule has 0 saturated carbocycles. The molecular weight excluding hydrogens is 349 g/mol. The van der Waals surface area contributed by atoms with E-state index >= 15 is 0 Å². The van der Waals surface area contributed by atoms with Gasteiger partial charge in [-0.25, -0.2) is 0 Å². The quantitative estimate of drug-likeness (QED) is 0.236. The lowest BCUT2D eigenvalue weighted by Crippen LogP contribution is -2.03. The lowest BCUT2D eigenvalue weighted by atomic mass is 10.1. The van der Waals surface area contributed by atoms with Crippen molar-refractivity contribution in [3.8, 4) is 11.5 Å². The molecular formula is C18H25Cl2NO3. The standard InChI is InChI=1S/C18H25Cl2NO3/c1-3-15-13-16(23-11-8-17(19)20)12-14(2)18(15)24-10-7-5-4-6-9-21-22/h8-9,12-13,22H,3-7,10-11H2,1-2H3. The van der Waals surface area contributed by atoms with E-state index in [0.717, 1.165) is 54.7 Å². The van der Waals surface area contributed by atoms with Gasteiger partial charge in [0, 0.05) is 6.21 Å². The number of halogens is 2. The number of hydrogen-bond donors (Lipinski definition) is 1. The molecule has 0 aromatic heterocycles. The van der Waals surface area contributed by atoms with Crippen molar-refractivity contribution in [1.29, 1.82) is 0 Å². The molecule has 0 saturated heterocycles. The molecule has 0 spiro atoms. The molecule has 0 aliphatic heterocycles. The summed E-state index contributed by atoms with van der Waals surface area (Å²) >= 11 is 11.2. The third kappa shape index (κ3) is 7.93. The van der Waals surface area contributed by atoms with Gasteiger partial charge in [-0.05, 0) is 68.4 Å². The van der Waals surface area contributed by atoms with E-state index in [1.807, 2.05) is 19.1 Å². The van der Waals surface area contributed by atoms with Crippen LogP contribution in [0.1, 0.15) is 43.7 Å². The minimum atomic E-state index is 0.202. The number of rotatable bonds is 11. The summed E-state index contributed by atoms with van der Waals surface area (Å²) in [6.45, 7) is 5.12. The Labute approximate surface area is 154 Å². The number of aryl methyl sites for hydroxylation is 2. The van der Waals surface area contributed by atoms with Gasteiger partial charge in [0.2, 0.25) is 0 Å². The van der Waals surface area contributed by atoms with Crippen LogP contribution in [0, 0.1) is 6.92 Å². The summed E-state index contributed by atoms with van der Waals surface area (Å²) in [6.07, 6.45) is 7.80. The lowest BCUT2D eigenvalue weighted by molar-refractivity contribution is 0.299. The van der Waals surface area contributed by atoms with Gasteiger partial charge in [-0.2, -0.15) is 0 Å². The van der Waals surface area contributed by atoms with Crippen LogP contribution in [-0.4, -0.2) is 24.6 Å². The summed E-state index contributed by atoms with van der Waals surface area (Å²) in [5.41, 5.74) is 2.18. The average molecular weight is 374 g/mol. The summed E-state index contributed by atoms with van der Waals surface area (Å²) in [5, 5.41) is 11.3. The van der Waals surface area contributed by atoms with Gasteiger partial charge in [-0.1, -0.05) is 30.1 Å². The summed E-state index contributed by atoms with van der Waals surface area (Å²) in [6, 6.07) is 3.96. The molecule has 0 radical (unpaired) electrons. The second-order valence-electron chi connectivity index (χ2n) is 5.38. The lowest BCUT2D eigenvalue weighted by Gasteiger charge is -2.15. The molecule has 0 bridgehead atoms. The van der Waals surface area contributed by atoms with Crippen molar-refractivity contribution in [1.82, 2.24) is 0 Å². The summed E-state index contributed by atoms with van der Waals surface area (Å²) in [5.74, 6) is 1.72. The van der Waals surface area contributed by atoms with E-state index in [9.17, 15) is 0 Å². The zero-order valence-corrected chi connectivity index (χ0v) is 15.7. The molecule has 0 atom stereocenters. The van der Waals surface area contributed by atoms with Crippen LogP contribution in [0.4, 0.5) is 0 Å². The zero-order valence-electron chi connectivity index (χ0n) is 14.2. The number of oxime groups is 1. The van der Waals surface area contributed by atoms with E-state index in [4.69, 9.17) is 37.9 Å². The van der Waals surface area contributed by atoms with Crippen LogP contribution in [0.25, 0.3) is 0 Å². The molecule has 1 aromatic rings. The predicted molar refractivity (Wildman–Crippen MR) is 100 cm³/mol. The monoisotopic (exact) mass is 373 g/mol. The Balaban J connectivity index is 2.56. The van der Waals surface area contributed by atoms with Gasteiger partial charge in [-0.15, -0.1) is 5.16 Å². The Morgan fingerprint density at radius 3 is 2.67 bits per heavy atom. The first-order chi connectivity index (χ1) is 11.6. The molecule has 4 nitrogen and oxygen atoms in total. The molecule has 0 aliphatic rings. The molecule has 0 fully saturated rings. The molecule has 134 valence electrons. The van der Waals surface area contributed by atoms with Crippen molar-refractivity contribution in [3.63, 3.8) is 0 Å². The molecule has 6 heteroatoms. The largest absolute Gasteiger partial charge is 0.493 e. The normalized spacial score (nSPS) is 10.8. The Morgan fingerprint density at radius 2 is 2.00 bits per heavy atom. The summed E-state index contributed by atoms with van der Waals surface area (Å²) in [4.78, 5) is 0. The minimum absolute atomic E-state index is 0.202. The van der Waals surface area contributed by atoms with Crippen molar-refractivity contribution in [2.24, 2.45) is 5.16 Å². The van der Waals surface area contributed by atoms with Crippen LogP contribution in [-0.2, 0) is 6.42 Å². The molecule has 0 amide bonds. The second kappa shape index (κ2) is 12.0. The first kappa shape index (κ1) is 20.7. The maximum Gasteiger partial charge on any atom is 0.125 e. The topological polar surface area (TPSA) is 51.0 Å². The number of unbranched alkanes of at least 4 members (excludes halogenated alkanes) is 3. The van der Waals surface area contributed by atoms with Gasteiger partial charge in [0.05, 0.1) is 6.61 Å². The summed E-state index contributed by atoms with van der Waals surface area (Å²) in [7, 11) is 0. The number of hydrogen-bond acceptors (Lipinski definition) is 4. The predicted octanol–water partition coefficient (Wildman–Crippen LogP) is 5.65. The van der Waals surface area contributed by atoms with E-state index in [2.05, 4.69) is 12.1 Å². The second-order valence-corrected chi connectivity index (χ2v) is 6.39. The maximum atomic E-state index is 8.33. The third-order valence-electron chi connectivity index (χ3n) is 3.50. The van der Waals surface area contributed by atoms with Crippen molar-refractivity contribution in [2.45, 2.75) is 46.0 Å². The maximum absolute atomic E-state index is 8.33. The fourth-order valence-corrected chi connectivity index (χ4v) is 2.44. The highest BCUT2D eigenvalue weighted by molar-refractivity contribution is 6.55. The molecule has 1 aromatic carbocycles. The number of nitrogens with zero attached hydrogens (tertiary/aromatic N) is 1. The third-order valence-corrected chi connectivity index (χ3v) is 3.81. The molecule has 1 N–H and O–H groups in total. The van der Waals surface area contributed by atoms with Crippen LogP contribution in [0.5, 0.6) is 11.5 Å². The van der Waals surface area contributed by atoms with Crippen molar-refractivity contribution >= 4 is 29.4 Å². The van der Waals surface area contributed by atoms with E-state index in [-0.39, 0.29) is 4.49 Å². The van der Waals surface area contributed by atoms with Crippen molar-refractivity contribution in [3.05, 3.63) is 33.8 Å². The highest BCUT2D eigenvalue weighted by atomic mass is 35.5. The van der Waals surface area contributed by atoms with Gasteiger partial charge in [0.15, 0.2) is 0 Å². The van der Waals surface area contributed by atoms with Crippen LogP contribution in [0.2, 0.25) is 0 Å². The fraction of sp³-hybridized carbons (Fsp3) is 0.500. The van der Waals surface area contributed by atoms with Gasteiger partial charge in [0.1, 0.15) is 22.6 Å². The smallest absolute Gasteiger partial charge is 0.125 e. The van der Waals surface area contributed by atoms with Crippen LogP contribution < -0.4 is 9.47 Å². The molecule has 0 aliphatic carbocycles. The molecule has 24 heavy (non-hydrogen) atoms. The van der Waals surface area contributed by atoms with Gasteiger partial charge in [0.25, 0.3) is 0 Å². The van der Waals surface area contributed by atoms with Gasteiger partial charge in [-0.3, -0.25) is 0 Å². The SMILES string of the molecule is CCc1cc(OCC=C(Cl)Cl)cc(C)c1OCCCCCC=NO. The Hall–Kier alpha value is -1.39. The Bertz CT molecular complexity index is 555. The number of ether oxygens (including phenoxy) is 2. The van der Waals surface area contributed by atoms with E-state index in [1.165, 1.54) is 6.21 Å². The fourth-order valence-electron chi connectivity index (χ4n) is 2.31. The minimum Gasteiger partial charge on any atom is -0.493 e. The zero-order chi connectivity index (χ0) is 17.8. The van der Waals surface area contributed by atoms with Gasteiger partial charge >= 0.3 is 0 Å². The molecule has 1 rings (SSSR count). The highest BCUT2D eigenvalue weighted by Crippen LogP contribution is 2.30. The first-order valence-corrected chi connectivity index (χ1v) is 8.90. The molecule has 0 unspecified atom stereocenters. The van der Waals surface area contributed by atoms with E-state index in [0.29, 0.717) is 13.2 Å². The first-order valence-electron chi connectivity index (χ1n) is 8.14. The average Bonchev–Trinajstić information content (AvgIpc) is 2.54. The van der Waals surface area contributed by atoms with Crippen LogP contribution >= 0.6 is 23.2 Å². The Morgan fingerprint density at radius 1 is 1.21 bits per heavy atom. The van der Waals surface area contributed by atoms with E-state index in [1.54, 1.807) is 6.08 Å². The van der Waals surface area contributed by atoms with Gasteiger partial charge < -0.3 is 14.7 Å². The van der Waals surface area contributed by atoms with E-state index < -0.39 is 0 Å². The van der Waals surface area contributed by atoms with Crippen molar-refractivity contribution < 1.29 is 14.7 Å². The van der Waals surface area contributed by atoms with Crippen LogP contribution in [0.15, 0.2) is 27.9 Å². The number of benzene rings is 1. The summed E-state index contributed by atoms with van der Waals surface area (Å²) < 4.78 is 11.8.